The first-order valence-corrected chi connectivity index (χ1v) is 8.76. The number of hydrogen-bond donors (Lipinski definition) is 1. The van der Waals surface area contributed by atoms with Gasteiger partial charge in [0.1, 0.15) is 0 Å². The van der Waals surface area contributed by atoms with Crippen LogP contribution in [0.2, 0.25) is 0 Å². The Hall–Kier alpha value is -1.67. The van der Waals surface area contributed by atoms with Crippen LogP contribution < -0.4 is 5.32 Å². The number of esters is 1. The molecular formula is C14H17N3O3S2. The molecule has 0 bridgehead atoms. The Labute approximate surface area is 136 Å². The number of thioether (sulfide) groups is 1. The van der Waals surface area contributed by atoms with Gasteiger partial charge in [0, 0.05) is 5.69 Å². The maximum Gasteiger partial charge on any atom is 0.339 e. The molecule has 0 aliphatic heterocycles. The van der Waals surface area contributed by atoms with Crippen molar-refractivity contribution in [3.63, 3.8) is 0 Å². The van der Waals surface area contributed by atoms with Crippen molar-refractivity contribution >= 4 is 50.5 Å². The predicted molar refractivity (Wildman–Crippen MR) is 89.7 cm³/mol. The van der Waals surface area contributed by atoms with Gasteiger partial charge < -0.3 is 10.1 Å². The lowest BCUT2D eigenvalue weighted by Crippen LogP contribution is -2.14. The van der Waals surface area contributed by atoms with Gasteiger partial charge in [-0.2, -0.15) is 16.7 Å². The number of methoxy groups -OCH3 is 1. The number of nitrogens with zero attached hydrogens (tertiary/aromatic N) is 2. The fraction of sp³-hybridized carbons (Fsp3) is 0.429. The summed E-state index contributed by atoms with van der Waals surface area (Å²) < 4.78 is 5.40. The summed E-state index contributed by atoms with van der Waals surface area (Å²) in [5.41, 5.74) is 1.54. The van der Waals surface area contributed by atoms with Crippen molar-refractivity contribution in [1.29, 1.82) is 0 Å². The van der Waals surface area contributed by atoms with E-state index in [2.05, 4.69) is 22.2 Å². The van der Waals surface area contributed by atoms with Crippen molar-refractivity contribution in [2.75, 3.05) is 23.9 Å². The van der Waals surface area contributed by atoms with Crippen molar-refractivity contribution in [1.82, 2.24) is 9.97 Å². The van der Waals surface area contributed by atoms with Crippen LogP contribution in [-0.4, -0.2) is 40.5 Å². The van der Waals surface area contributed by atoms with Crippen molar-refractivity contribution in [3.05, 3.63) is 17.3 Å². The Bertz CT molecular complexity index is 700. The van der Waals surface area contributed by atoms with E-state index in [9.17, 15) is 9.59 Å². The number of anilines is 1. The van der Waals surface area contributed by atoms with Crippen LogP contribution in [0.4, 0.5) is 5.13 Å². The number of thiazole rings is 1. The van der Waals surface area contributed by atoms with Crippen molar-refractivity contribution < 1.29 is 14.3 Å². The highest BCUT2D eigenvalue weighted by Gasteiger charge is 2.17. The molecule has 2 heterocycles. The lowest BCUT2D eigenvalue weighted by Gasteiger charge is -2.00. The first-order valence-electron chi connectivity index (χ1n) is 6.79. The molecule has 22 heavy (non-hydrogen) atoms. The lowest BCUT2D eigenvalue weighted by molar-refractivity contribution is -0.113. The highest BCUT2D eigenvalue weighted by atomic mass is 32.2. The van der Waals surface area contributed by atoms with Gasteiger partial charge in [-0.05, 0) is 25.2 Å². The molecule has 6 nitrogen and oxygen atoms in total. The summed E-state index contributed by atoms with van der Waals surface area (Å²) in [4.78, 5) is 32.2. The molecule has 8 heteroatoms. The summed E-state index contributed by atoms with van der Waals surface area (Å²) in [5.74, 6) is 0.796. The number of hydrogen-bond acceptors (Lipinski definition) is 7. The van der Waals surface area contributed by atoms with Crippen LogP contribution in [0.25, 0.3) is 10.3 Å². The monoisotopic (exact) mass is 339 g/mol. The van der Waals surface area contributed by atoms with Gasteiger partial charge in [0.25, 0.3) is 0 Å². The summed E-state index contributed by atoms with van der Waals surface area (Å²) >= 11 is 2.80. The van der Waals surface area contributed by atoms with Crippen molar-refractivity contribution in [2.45, 2.75) is 20.3 Å². The van der Waals surface area contributed by atoms with E-state index >= 15 is 0 Å². The average molecular weight is 339 g/mol. The summed E-state index contributed by atoms with van der Waals surface area (Å²) in [5, 5.41) is 3.19. The third kappa shape index (κ3) is 3.95. The van der Waals surface area contributed by atoms with Crippen LogP contribution in [0, 0.1) is 6.92 Å². The van der Waals surface area contributed by atoms with Crippen LogP contribution in [0.3, 0.4) is 0 Å². The number of ether oxygens (including phenoxy) is 1. The van der Waals surface area contributed by atoms with Gasteiger partial charge in [0.15, 0.2) is 10.8 Å². The predicted octanol–water partition coefficient (Wildman–Crippen LogP) is 2.87. The minimum atomic E-state index is -0.435. The van der Waals surface area contributed by atoms with Crippen LogP contribution in [0.1, 0.15) is 29.4 Å². The molecule has 1 amide bonds. The van der Waals surface area contributed by atoms with Gasteiger partial charge in [0.2, 0.25) is 5.91 Å². The second-order valence-corrected chi connectivity index (χ2v) is 6.68. The van der Waals surface area contributed by atoms with E-state index in [1.54, 1.807) is 24.8 Å². The Morgan fingerprint density at radius 1 is 1.41 bits per heavy atom. The first kappa shape index (κ1) is 16.7. The van der Waals surface area contributed by atoms with E-state index in [0.29, 0.717) is 32.5 Å². The first-order chi connectivity index (χ1) is 10.5. The highest BCUT2D eigenvalue weighted by Crippen LogP contribution is 2.29. The molecule has 118 valence electrons. The largest absolute Gasteiger partial charge is 0.465 e. The van der Waals surface area contributed by atoms with Gasteiger partial charge in [0.05, 0.1) is 23.1 Å². The molecule has 2 aromatic heterocycles. The van der Waals surface area contributed by atoms with Gasteiger partial charge in [-0.1, -0.05) is 18.3 Å². The molecule has 2 aromatic rings. The second-order valence-electron chi connectivity index (χ2n) is 4.58. The maximum absolute atomic E-state index is 11.8. The molecule has 0 fully saturated rings. The number of aryl methyl sites for hydroxylation is 1. The van der Waals surface area contributed by atoms with E-state index in [1.807, 2.05) is 0 Å². The molecular weight excluding hydrogens is 322 g/mol. The quantitative estimate of drug-likeness (QED) is 0.644. The molecule has 0 saturated carbocycles. The number of pyridine rings is 1. The van der Waals surface area contributed by atoms with Crippen molar-refractivity contribution in [2.24, 2.45) is 0 Å². The second kappa shape index (κ2) is 7.55. The normalized spacial score (nSPS) is 10.7. The van der Waals surface area contributed by atoms with Gasteiger partial charge in [-0.3, -0.25) is 4.79 Å². The van der Waals surface area contributed by atoms with Gasteiger partial charge in [-0.15, -0.1) is 0 Å². The SMILES string of the molecule is CCCSCC(=O)Nc1nc2nc(C)cc(C(=O)OC)c2s1. The smallest absolute Gasteiger partial charge is 0.339 e. The maximum atomic E-state index is 11.8. The number of aromatic nitrogens is 2. The molecule has 2 rings (SSSR count). The third-order valence-corrected chi connectivity index (χ3v) is 4.88. The number of fused-ring (bicyclic) bond motifs is 1. The molecule has 0 radical (unpaired) electrons. The number of amides is 1. The molecule has 0 atom stereocenters. The number of rotatable bonds is 6. The Morgan fingerprint density at radius 2 is 2.18 bits per heavy atom. The van der Waals surface area contributed by atoms with Crippen LogP contribution in [-0.2, 0) is 9.53 Å². The van der Waals surface area contributed by atoms with Crippen molar-refractivity contribution in [3.8, 4) is 0 Å². The van der Waals surface area contributed by atoms with E-state index in [1.165, 1.54) is 18.4 Å². The molecule has 0 aliphatic rings. The van der Waals surface area contributed by atoms with Crippen LogP contribution in [0.5, 0.6) is 0 Å². The number of carbonyl (C=O) groups excluding carboxylic acids is 2. The zero-order valence-electron chi connectivity index (χ0n) is 12.6. The zero-order valence-corrected chi connectivity index (χ0v) is 14.3. The summed E-state index contributed by atoms with van der Waals surface area (Å²) in [6, 6.07) is 1.66. The Morgan fingerprint density at radius 3 is 2.86 bits per heavy atom. The Balaban J connectivity index is 2.23. The number of nitrogens with one attached hydrogen (secondary N) is 1. The van der Waals surface area contributed by atoms with E-state index in [-0.39, 0.29) is 5.91 Å². The third-order valence-electron chi connectivity index (χ3n) is 2.72. The topological polar surface area (TPSA) is 81.2 Å². The molecule has 1 N–H and O–H groups in total. The van der Waals surface area contributed by atoms with Crippen LogP contribution in [0.15, 0.2) is 6.07 Å². The van der Waals surface area contributed by atoms with Gasteiger partial charge in [-0.25, -0.2) is 9.78 Å². The standard InChI is InChI=1S/C14H17N3O3S2/c1-4-5-21-7-10(18)16-14-17-12-11(22-14)9(13(19)20-3)6-8(2)15-12/h6H,4-5,7H2,1-3H3,(H,15,16,17,18). The van der Waals surface area contributed by atoms with E-state index < -0.39 is 5.97 Å². The van der Waals surface area contributed by atoms with E-state index in [4.69, 9.17) is 4.74 Å². The lowest BCUT2D eigenvalue weighted by atomic mass is 10.2. The zero-order chi connectivity index (χ0) is 16.1. The minimum absolute atomic E-state index is 0.103. The molecule has 0 saturated heterocycles. The molecule has 0 aliphatic carbocycles. The fourth-order valence-corrected chi connectivity index (χ4v) is 3.43. The fourth-order valence-electron chi connectivity index (χ4n) is 1.82. The summed E-state index contributed by atoms with van der Waals surface area (Å²) in [7, 11) is 1.33. The minimum Gasteiger partial charge on any atom is -0.465 e. The average Bonchev–Trinajstić information content (AvgIpc) is 2.87. The van der Waals surface area contributed by atoms with Crippen LogP contribution >= 0.6 is 23.1 Å². The van der Waals surface area contributed by atoms with E-state index in [0.717, 1.165) is 12.2 Å². The molecule has 0 spiro atoms. The highest BCUT2D eigenvalue weighted by molar-refractivity contribution is 7.99. The molecule has 0 aromatic carbocycles. The number of carbonyl (C=O) groups is 2. The summed E-state index contributed by atoms with van der Waals surface area (Å²) in [6.45, 7) is 3.85. The Kier molecular flexibility index (Phi) is 5.73. The summed E-state index contributed by atoms with van der Waals surface area (Å²) in [6.07, 6.45) is 1.03. The molecule has 0 unspecified atom stereocenters. The van der Waals surface area contributed by atoms with Gasteiger partial charge >= 0.3 is 5.97 Å².